The lowest BCUT2D eigenvalue weighted by Crippen LogP contribution is -1.99. The SMILES string of the molecule is CCCCCCCCOc1ccc(-c2ccccc2)cc1F. The maximum atomic E-state index is 14.1. The lowest BCUT2D eigenvalue weighted by molar-refractivity contribution is 0.290. The molecule has 2 aromatic rings. The molecule has 0 unspecified atom stereocenters. The van der Waals surface area contributed by atoms with E-state index in [0.29, 0.717) is 12.4 Å². The molecule has 0 saturated carbocycles. The molecule has 0 saturated heterocycles. The van der Waals surface area contributed by atoms with Crippen molar-refractivity contribution < 1.29 is 9.13 Å². The highest BCUT2D eigenvalue weighted by molar-refractivity contribution is 5.64. The molecule has 2 aromatic carbocycles. The van der Waals surface area contributed by atoms with Crippen molar-refractivity contribution in [2.24, 2.45) is 0 Å². The van der Waals surface area contributed by atoms with Crippen molar-refractivity contribution in [2.45, 2.75) is 45.4 Å². The number of hydrogen-bond acceptors (Lipinski definition) is 1. The second-order valence-corrected chi connectivity index (χ2v) is 5.63. The molecule has 2 rings (SSSR count). The van der Waals surface area contributed by atoms with Crippen LogP contribution in [-0.2, 0) is 0 Å². The molecule has 1 nitrogen and oxygen atoms in total. The molecule has 0 aliphatic heterocycles. The first-order valence-corrected chi connectivity index (χ1v) is 8.29. The van der Waals surface area contributed by atoms with Gasteiger partial charge >= 0.3 is 0 Å². The van der Waals surface area contributed by atoms with Crippen LogP contribution in [0.4, 0.5) is 4.39 Å². The Bertz CT molecular complexity index is 551. The summed E-state index contributed by atoms with van der Waals surface area (Å²) in [6, 6.07) is 15.0. The minimum Gasteiger partial charge on any atom is -0.491 e. The van der Waals surface area contributed by atoms with Gasteiger partial charge in [0.05, 0.1) is 6.61 Å². The third-order valence-corrected chi connectivity index (χ3v) is 3.79. The van der Waals surface area contributed by atoms with Crippen LogP contribution in [0.15, 0.2) is 48.5 Å². The monoisotopic (exact) mass is 300 g/mol. The third kappa shape index (κ3) is 5.18. The largest absolute Gasteiger partial charge is 0.491 e. The number of halogens is 1. The molecular formula is C20H25FO. The van der Waals surface area contributed by atoms with Crippen LogP contribution in [-0.4, -0.2) is 6.61 Å². The third-order valence-electron chi connectivity index (χ3n) is 3.79. The quantitative estimate of drug-likeness (QED) is 0.499. The fourth-order valence-electron chi connectivity index (χ4n) is 2.49. The molecule has 0 aliphatic rings. The highest BCUT2D eigenvalue weighted by Gasteiger charge is 2.06. The summed E-state index contributed by atoms with van der Waals surface area (Å²) in [5, 5.41) is 0. The molecule has 0 amide bonds. The average Bonchev–Trinajstić information content (AvgIpc) is 2.56. The van der Waals surface area contributed by atoms with Crippen LogP contribution in [0.2, 0.25) is 0 Å². The molecule has 22 heavy (non-hydrogen) atoms. The van der Waals surface area contributed by atoms with E-state index in [1.165, 1.54) is 25.7 Å². The number of unbranched alkanes of at least 4 members (excludes halogenated alkanes) is 5. The van der Waals surface area contributed by atoms with Gasteiger partial charge in [-0.2, -0.15) is 0 Å². The Kier molecular flexibility index (Phi) is 6.95. The van der Waals surface area contributed by atoms with Gasteiger partial charge in [-0.05, 0) is 29.7 Å². The fraction of sp³-hybridized carbons (Fsp3) is 0.400. The summed E-state index contributed by atoms with van der Waals surface area (Å²) in [6.07, 6.45) is 7.24. The van der Waals surface area contributed by atoms with E-state index in [1.54, 1.807) is 12.1 Å². The van der Waals surface area contributed by atoms with Gasteiger partial charge in [-0.25, -0.2) is 4.39 Å². The Balaban J connectivity index is 1.80. The number of rotatable bonds is 9. The Morgan fingerprint density at radius 2 is 1.55 bits per heavy atom. The molecule has 0 atom stereocenters. The second kappa shape index (κ2) is 9.24. The fourth-order valence-corrected chi connectivity index (χ4v) is 2.49. The summed E-state index contributed by atoms with van der Waals surface area (Å²) >= 11 is 0. The summed E-state index contributed by atoms with van der Waals surface area (Å²) in [7, 11) is 0. The summed E-state index contributed by atoms with van der Waals surface area (Å²) in [5.41, 5.74) is 1.90. The Morgan fingerprint density at radius 3 is 2.27 bits per heavy atom. The van der Waals surface area contributed by atoms with Gasteiger partial charge in [0.15, 0.2) is 11.6 Å². The second-order valence-electron chi connectivity index (χ2n) is 5.63. The summed E-state index contributed by atoms with van der Waals surface area (Å²) in [5.74, 6) is 0.0700. The van der Waals surface area contributed by atoms with Crippen molar-refractivity contribution >= 4 is 0 Å². The van der Waals surface area contributed by atoms with Crippen LogP contribution in [0.1, 0.15) is 45.4 Å². The zero-order chi connectivity index (χ0) is 15.6. The van der Waals surface area contributed by atoms with Crippen LogP contribution in [0.25, 0.3) is 11.1 Å². The normalized spacial score (nSPS) is 10.6. The van der Waals surface area contributed by atoms with Crippen molar-refractivity contribution in [3.8, 4) is 16.9 Å². The molecule has 0 spiro atoms. The lowest BCUT2D eigenvalue weighted by atomic mass is 10.1. The highest BCUT2D eigenvalue weighted by atomic mass is 19.1. The van der Waals surface area contributed by atoms with E-state index in [9.17, 15) is 4.39 Å². The molecule has 0 radical (unpaired) electrons. The van der Waals surface area contributed by atoms with E-state index in [-0.39, 0.29) is 5.82 Å². The van der Waals surface area contributed by atoms with Gasteiger partial charge in [0, 0.05) is 0 Å². The topological polar surface area (TPSA) is 9.23 Å². The standard InChI is InChI=1S/C20H25FO/c1-2-3-4-5-6-10-15-22-20-14-13-18(16-19(20)21)17-11-8-7-9-12-17/h7-9,11-14,16H,2-6,10,15H2,1H3. The van der Waals surface area contributed by atoms with Gasteiger partial charge in [0.1, 0.15) is 0 Å². The van der Waals surface area contributed by atoms with Gasteiger partial charge in [-0.15, -0.1) is 0 Å². The zero-order valence-electron chi connectivity index (χ0n) is 13.4. The van der Waals surface area contributed by atoms with Gasteiger partial charge in [0.25, 0.3) is 0 Å². The molecule has 118 valence electrons. The molecule has 2 heteroatoms. The highest BCUT2D eigenvalue weighted by Crippen LogP contribution is 2.25. The number of benzene rings is 2. The van der Waals surface area contributed by atoms with Crippen LogP contribution >= 0.6 is 0 Å². The van der Waals surface area contributed by atoms with Crippen molar-refractivity contribution in [3.05, 3.63) is 54.3 Å². The Labute approximate surface area is 133 Å². The van der Waals surface area contributed by atoms with Gasteiger partial charge in [-0.1, -0.05) is 75.4 Å². The average molecular weight is 300 g/mol. The van der Waals surface area contributed by atoms with Crippen LogP contribution in [0.3, 0.4) is 0 Å². The molecule has 0 aromatic heterocycles. The Morgan fingerprint density at radius 1 is 0.818 bits per heavy atom. The van der Waals surface area contributed by atoms with Gasteiger partial charge in [-0.3, -0.25) is 0 Å². The maximum absolute atomic E-state index is 14.1. The molecule has 0 N–H and O–H groups in total. The smallest absolute Gasteiger partial charge is 0.165 e. The predicted molar refractivity (Wildman–Crippen MR) is 90.7 cm³/mol. The number of ether oxygens (including phenoxy) is 1. The van der Waals surface area contributed by atoms with Gasteiger partial charge < -0.3 is 4.74 Å². The molecular weight excluding hydrogens is 275 g/mol. The first kappa shape index (κ1) is 16.5. The summed E-state index contributed by atoms with van der Waals surface area (Å²) in [6.45, 7) is 2.80. The van der Waals surface area contributed by atoms with Crippen LogP contribution in [0.5, 0.6) is 5.75 Å². The van der Waals surface area contributed by atoms with E-state index in [1.807, 2.05) is 36.4 Å². The van der Waals surface area contributed by atoms with E-state index in [4.69, 9.17) is 4.74 Å². The predicted octanol–water partition coefficient (Wildman–Crippen LogP) is 6.23. The summed E-state index contributed by atoms with van der Waals surface area (Å²) in [4.78, 5) is 0. The molecule has 0 bridgehead atoms. The molecule has 0 aliphatic carbocycles. The van der Waals surface area contributed by atoms with E-state index < -0.39 is 0 Å². The van der Waals surface area contributed by atoms with Crippen molar-refractivity contribution in [2.75, 3.05) is 6.61 Å². The van der Waals surface area contributed by atoms with Crippen molar-refractivity contribution in [1.29, 1.82) is 0 Å². The van der Waals surface area contributed by atoms with Crippen LogP contribution in [0, 0.1) is 5.82 Å². The van der Waals surface area contributed by atoms with E-state index in [0.717, 1.165) is 24.0 Å². The first-order valence-electron chi connectivity index (χ1n) is 8.29. The lowest BCUT2D eigenvalue weighted by Gasteiger charge is -2.09. The van der Waals surface area contributed by atoms with E-state index >= 15 is 0 Å². The van der Waals surface area contributed by atoms with Crippen molar-refractivity contribution in [1.82, 2.24) is 0 Å². The maximum Gasteiger partial charge on any atom is 0.165 e. The summed E-state index contributed by atoms with van der Waals surface area (Å²) < 4.78 is 19.6. The molecule has 0 fully saturated rings. The first-order chi connectivity index (χ1) is 10.8. The molecule has 0 heterocycles. The minimum absolute atomic E-state index is 0.285. The Hall–Kier alpha value is -1.83. The van der Waals surface area contributed by atoms with Crippen molar-refractivity contribution in [3.63, 3.8) is 0 Å². The minimum atomic E-state index is -0.285. The van der Waals surface area contributed by atoms with Gasteiger partial charge in [0.2, 0.25) is 0 Å². The van der Waals surface area contributed by atoms with E-state index in [2.05, 4.69) is 6.92 Å². The zero-order valence-corrected chi connectivity index (χ0v) is 13.4. The van der Waals surface area contributed by atoms with Crippen LogP contribution < -0.4 is 4.74 Å². The number of hydrogen-bond donors (Lipinski definition) is 0.